The van der Waals surface area contributed by atoms with Crippen LogP contribution in [0.2, 0.25) is 0 Å². The summed E-state index contributed by atoms with van der Waals surface area (Å²) in [7, 11) is 0. The molecular weight excluding hydrogens is 260 g/mol. The zero-order chi connectivity index (χ0) is 15.2. The minimum absolute atomic E-state index is 0.772. The molecule has 1 N–H and O–H groups in total. The summed E-state index contributed by atoms with van der Waals surface area (Å²) in [5, 5.41) is 3.39. The largest absolute Gasteiger partial charge is 0.366 e. The van der Waals surface area contributed by atoms with Crippen molar-refractivity contribution in [3.05, 3.63) is 47.2 Å². The molecule has 1 aromatic carbocycles. The number of nitrogens with one attached hydrogen (secondary N) is 1. The number of benzene rings is 1. The van der Waals surface area contributed by atoms with Crippen LogP contribution >= 0.6 is 0 Å². The fourth-order valence-electron chi connectivity index (χ4n) is 2.19. The van der Waals surface area contributed by atoms with Crippen molar-refractivity contribution in [3.8, 4) is 0 Å². The van der Waals surface area contributed by atoms with Crippen molar-refractivity contribution in [2.75, 3.05) is 23.3 Å². The van der Waals surface area contributed by atoms with E-state index >= 15 is 0 Å². The molecule has 4 nitrogen and oxygen atoms in total. The van der Waals surface area contributed by atoms with E-state index in [0.29, 0.717) is 0 Å². The minimum Gasteiger partial charge on any atom is -0.366 e. The quantitative estimate of drug-likeness (QED) is 0.880. The van der Waals surface area contributed by atoms with Gasteiger partial charge in [-0.05, 0) is 33.3 Å². The molecule has 2 aromatic rings. The number of aryl methyl sites for hydroxylation is 2. The summed E-state index contributed by atoms with van der Waals surface area (Å²) in [5.41, 5.74) is 3.51. The Hall–Kier alpha value is -2.10. The van der Waals surface area contributed by atoms with Crippen molar-refractivity contribution in [1.82, 2.24) is 9.97 Å². The molecule has 21 heavy (non-hydrogen) atoms. The van der Waals surface area contributed by atoms with E-state index in [2.05, 4.69) is 65.2 Å². The fraction of sp³-hybridized carbons (Fsp3) is 0.412. The molecule has 1 aromatic heterocycles. The number of aromatic nitrogens is 2. The van der Waals surface area contributed by atoms with Crippen LogP contribution in [0.3, 0.4) is 0 Å². The molecule has 0 unspecified atom stereocenters. The highest BCUT2D eigenvalue weighted by molar-refractivity contribution is 5.44. The van der Waals surface area contributed by atoms with Crippen LogP contribution in [0.25, 0.3) is 0 Å². The summed E-state index contributed by atoms with van der Waals surface area (Å²) in [6.07, 6.45) is 0. The maximum absolute atomic E-state index is 4.61. The van der Waals surface area contributed by atoms with Gasteiger partial charge in [0.1, 0.15) is 5.82 Å². The van der Waals surface area contributed by atoms with Crippen LogP contribution in [0, 0.1) is 13.8 Å². The Labute approximate surface area is 127 Å². The molecule has 0 radical (unpaired) electrons. The Morgan fingerprint density at radius 2 is 1.67 bits per heavy atom. The molecule has 2 rings (SSSR count). The Morgan fingerprint density at radius 1 is 1.00 bits per heavy atom. The van der Waals surface area contributed by atoms with Gasteiger partial charge in [0.15, 0.2) is 0 Å². The van der Waals surface area contributed by atoms with E-state index in [9.17, 15) is 0 Å². The van der Waals surface area contributed by atoms with Crippen LogP contribution in [-0.4, -0.2) is 23.1 Å². The molecule has 0 aliphatic carbocycles. The minimum atomic E-state index is 0.772. The van der Waals surface area contributed by atoms with E-state index in [1.165, 1.54) is 11.1 Å². The number of nitrogens with zero attached hydrogens (tertiary/aromatic N) is 3. The van der Waals surface area contributed by atoms with Gasteiger partial charge in [-0.25, -0.2) is 4.98 Å². The first-order valence-corrected chi connectivity index (χ1v) is 7.52. The molecule has 1 heterocycles. The molecular formula is C17H24N4. The third-order valence-corrected chi connectivity index (χ3v) is 3.48. The van der Waals surface area contributed by atoms with Crippen molar-refractivity contribution in [2.24, 2.45) is 0 Å². The lowest BCUT2D eigenvalue weighted by Gasteiger charge is -2.19. The van der Waals surface area contributed by atoms with E-state index in [-0.39, 0.29) is 0 Å². The molecule has 0 saturated carbocycles. The molecule has 0 atom stereocenters. The second kappa shape index (κ2) is 7.07. The maximum Gasteiger partial charge on any atom is 0.227 e. The molecule has 0 spiro atoms. The van der Waals surface area contributed by atoms with Gasteiger partial charge in [-0.15, -0.1) is 0 Å². The van der Waals surface area contributed by atoms with Crippen LogP contribution in [0.4, 0.5) is 11.8 Å². The Balaban J connectivity index is 2.10. The number of rotatable bonds is 6. The fourth-order valence-corrected chi connectivity index (χ4v) is 2.19. The Kier molecular flexibility index (Phi) is 5.14. The molecule has 0 saturated heterocycles. The summed E-state index contributed by atoms with van der Waals surface area (Å²) >= 11 is 0. The molecule has 112 valence electrons. The van der Waals surface area contributed by atoms with E-state index < -0.39 is 0 Å². The molecule has 0 bridgehead atoms. The molecule has 0 aliphatic rings. The van der Waals surface area contributed by atoms with Crippen LogP contribution in [0.15, 0.2) is 30.3 Å². The van der Waals surface area contributed by atoms with Gasteiger partial charge < -0.3 is 10.2 Å². The summed E-state index contributed by atoms with van der Waals surface area (Å²) in [6.45, 7) is 10.9. The summed E-state index contributed by atoms with van der Waals surface area (Å²) in [6, 6.07) is 10.5. The highest BCUT2D eigenvalue weighted by Gasteiger charge is 2.07. The summed E-state index contributed by atoms with van der Waals surface area (Å²) in [4.78, 5) is 11.3. The van der Waals surface area contributed by atoms with Crippen LogP contribution in [-0.2, 0) is 6.54 Å². The second-order valence-electron chi connectivity index (χ2n) is 5.21. The average molecular weight is 284 g/mol. The number of hydrogen-bond acceptors (Lipinski definition) is 4. The SMILES string of the molecule is CCN(CC)c1nc(C)cc(NCc2ccc(C)cc2)n1. The van der Waals surface area contributed by atoms with Crippen LogP contribution in [0.1, 0.15) is 30.7 Å². The van der Waals surface area contributed by atoms with Crippen molar-refractivity contribution in [2.45, 2.75) is 34.2 Å². The number of hydrogen-bond donors (Lipinski definition) is 1. The van der Waals surface area contributed by atoms with E-state index in [0.717, 1.165) is 37.1 Å². The molecule has 0 amide bonds. The van der Waals surface area contributed by atoms with Gasteiger partial charge in [-0.3, -0.25) is 0 Å². The molecule has 0 aliphatic heterocycles. The van der Waals surface area contributed by atoms with Gasteiger partial charge in [-0.2, -0.15) is 4.98 Å². The highest BCUT2D eigenvalue weighted by atomic mass is 15.3. The first kappa shape index (κ1) is 15.3. The monoisotopic (exact) mass is 284 g/mol. The number of anilines is 2. The third kappa shape index (κ3) is 4.18. The lowest BCUT2D eigenvalue weighted by Crippen LogP contribution is -2.24. The van der Waals surface area contributed by atoms with Gasteiger partial charge >= 0.3 is 0 Å². The predicted molar refractivity (Wildman–Crippen MR) is 88.8 cm³/mol. The van der Waals surface area contributed by atoms with Crippen molar-refractivity contribution in [1.29, 1.82) is 0 Å². The van der Waals surface area contributed by atoms with Crippen molar-refractivity contribution < 1.29 is 0 Å². The highest BCUT2D eigenvalue weighted by Crippen LogP contribution is 2.14. The van der Waals surface area contributed by atoms with E-state index in [4.69, 9.17) is 0 Å². The Bertz CT molecular complexity index is 574. The third-order valence-electron chi connectivity index (χ3n) is 3.48. The van der Waals surface area contributed by atoms with Gasteiger partial charge in [0, 0.05) is 31.4 Å². The van der Waals surface area contributed by atoms with Crippen molar-refractivity contribution >= 4 is 11.8 Å². The van der Waals surface area contributed by atoms with Crippen molar-refractivity contribution in [3.63, 3.8) is 0 Å². The zero-order valence-electron chi connectivity index (χ0n) is 13.3. The summed E-state index contributed by atoms with van der Waals surface area (Å²) in [5.74, 6) is 1.68. The molecule has 4 heteroatoms. The lowest BCUT2D eigenvalue weighted by atomic mass is 10.1. The van der Waals surface area contributed by atoms with Crippen LogP contribution in [0.5, 0.6) is 0 Å². The van der Waals surface area contributed by atoms with Gasteiger partial charge in [-0.1, -0.05) is 29.8 Å². The second-order valence-corrected chi connectivity index (χ2v) is 5.21. The maximum atomic E-state index is 4.61. The first-order chi connectivity index (χ1) is 10.1. The zero-order valence-corrected chi connectivity index (χ0v) is 13.3. The normalized spacial score (nSPS) is 10.5. The predicted octanol–water partition coefficient (Wildman–Crippen LogP) is 3.55. The van der Waals surface area contributed by atoms with E-state index in [1.54, 1.807) is 0 Å². The van der Waals surface area contributed by atoms with Gasteiger partial charge in [0.25, 0.3) is 0 Å². The Morgan fingerprint density at radius 3 is 2.29 bits per heavy atom. The molecule has 0 fully saturated rings. The summed E-state index contributed by atoms with van der Waals surface area (Å²) < 4.78 is 0. The standard InChI is InChI=1S/C17H24N4/c1-5-21(6-2)17-19-14(4)11-16(20-17)18-12-15-9-7-13(3)8-10-15/h7-11H,5-6,12H2,1-4H3,(H,18,19,20). The van der Waals surface area contributed by atoms with Gasteiger partial charge in [0.05, 0.1) is 0 Å². The average Bonchev–Trinajstić information content (AvgIpc) is 2.47. The van der Waals surface area contributed by atoms with Crippen LogP contribution < -0.4 is 10.2 Å². The first-order valence-electron chi connectivity index (χ1n) is 7.52. The topological polar surface area (TPSA) is 41.1 Å². The van der Waals surface area contributed by atoms with Gasteiger partial charge in [0.2, 0.25) is 5.95 Å². The smallest absolute Gasteiger partial charge is 0.227 e. The van der Waals surface area contributed by atoms with E-state index in [1.807, 2.05) is 13.0 Å². The lowest BCUT2D eigenvalue weighted by molar-refractivity contribution is 0.816.